The third-order valence-electron chi connectivity index (χ3n) is 3.93. The van der Waals surface area contributed by atoms with E-state index in [4.69, 9.17) is 9.47 Å². The highest BCUT2D eigenvalue weighted by atomic mass is 16.5. The molecular weight excluding hydrogens is 356 g/mol. The van der Waals surface area contributed by atoms with E-state index in [2.05, 4.69) is 10.6 Å². The zero-order chi connectivity index (χ0) is 20.2. The molecule has 149 valence electrons. The number of ether oxygens (including phenoxy) is 2. The van der Waals surface area contributed by atoms with Crippen molar-refractivity contribution < 1.29 is 19.1 Å². The summed E-state index contributed by atoms with van der Waals surface area (Å²) in [6.45, 7) is 4.20. The number of amides is 1. The standard InChI is InChI=1S/C22H27N2O4/c1-17(2)28-21(14-25)24-22(26)20(13-18-9-5-3-6-10-18)23-16-27-15-19-11-7-4-8-12-19/h3-12,17,20-21,23H,13,15-16H2,1-2H3,(H,24,26)/t20-,21?/m0/s1. The minimum atomic E-state index is -1.10. The zero-order valence-electron chi connectivity index (χ0n) is 16.3. The van der Waals surface area contributed by atoms with Crippen molar-refractivity contribution in [3.8, 4) is 0 Å². The molecule has 0 aliphatic carbocycles. The number of hydrogen-bond acceptors (Lipinski definition) is 5. The first-order chi connectivity index (χ1) is 13.6. The van der Waals surface area contributed by atoms with Crippen LogP contribution in [-0.4, -0.2) is 37.3 Å². The maximum Gasteiger partial charge on any atom is 0.252 e. The van der Waals surface area contributed by atoms with Crippen LogP contribution >= 0.6 is 0 Å². The van der Waals surface area contributed by atoms with Crippen LogP contribution in [0.1, 0.15) is 25.0 Å². The van der Waals surface area contributed by atoms with Gasteiger partial charge in [-0.25, -0.2) is 0 Å². The molecule has 0 saturated carbocycles. The minimum Gasteiger partial charge on any atom is -0.362 e. The summed E-state index contributed by atoms with van der Waals surface area (Å²) in [7, 11) is 0. The molecule has 0 spiro atoms. The maximum absolute atomic E-state index is 12.7. The molecule has 6 nitrogen and oxygen atoms in total. The molecule has 2 aromatic rings. The van der Waals surface area contributed by atoms with E-state index >= 15 is 0 Å². The lowest BCUT2D eigenvalue weighted by Gasteiger charge is -2.22. The van der Waals surface area contributed by atoms with Gasteiger partial charge in [0, 0.05) is 0 Å². The van der Waals surface area contributed by atoms with Crippen LogP contribution in [0.3, 0.4) is 0 Å². The van der Waals surface area contributed by atoms with Gasteiger partial charge in [-0.05, 0) is 31.4 Å². The molecule has 0 aliphatic rings. The highest BCUT2D eigenvalue weighted by Gasteiger charge is 2.22. The van der Waals surface area contributed by atoms with Crippen LogP contribution in [0.4, 0.5) is 0 Å². The highest BCUT2D eigenvalue weighted by molar-refractivity contribution is 5.84. The Morgan fingerprint density at radius 1 is 1.00 bits per heavy atom. The van der Waals surface area contributed by atoms with Crippen LogP contribution in [0.2, 0.25) is 0 Å². The van der Waals surface area contributed by atoms with Gasteiger partial charge in [0.05, 0.1) is 25.5 Å². The molecule has 28 heavy (non-hydrogen) atoms. The van der Waals surface area contributed by atoms with E-state index in [1.54, 1.807) is 20.1 Å². The molecular formula is C22H27N2O4. The molecule has 0 aromatic heterocycles. The molecule has 1 radical (unpaired) electrons. The monoisotopic (exact) mass is 383 g/mol. The van der Waals surface area contributed by atoms with E-state index in [0.717, 1.165) is 11.1 Å². The van der Waals surface area contributed by atoms with Gasteiger partial charge in [-0.1, -0.05) is 60.7 Å². The van der Waals surface area contributed by atoms with Crippen molar-refractivity contribution in [1.82, 2.24) is 10.6 Å². The van der Waals surface area contributed by atoms with E-state index in [-0.39, 0.29) is 18.7 Å². The van der Waals surface area contributed by atoms with Crippen molar-refractivity contribution >= 4 is 12.2 Å². The van der Waals surface area contributed by atoms with Crippen LogP contribution in [-0.2, 0) is 32.1 Å². The number of rotatable bonds is 12. The predicted octanol–water partition coefficient (Wildman–Crippen LogP) is 2.34. The van der Waals surface area contributed by atoms with Crippen molar-refractivity contribution in [2.45, 2.75) is 45.2 Å². The fraction of sp³-hybridized carbons (Fsp3) is 0.364. The third-order valence-corrected chi connectivity index (χ3v) is 3.93. The van der Waals surface area contributed by atoms with Crippen molar-refractivity contribution in [1.29, 1.82) is 0 Å². The molecule has 2 N–H and O–H groups in total. The van der Waals surface area contributed by atoms with Gasteiger partial charge in [0.25, 0.3) is 6.29 Å². The van der Waals surface area contributed by atoms with E-state index in [1.165, 1.54) is 0 Å². The number of benzene rings is 2. The van der Waals surface area contributed by atoms with Gasteiger partial charge in [0.2, 0.25) is 5.91 Å². The van der Waals surface area contributed by atoms with Gasteiger partial charge in [-0.3, -0.25) is 14.9 Å². The number of hydrogen-bond donors (Lipinski definition) is 2. The molecule has 0 aliphatic heterocycles. The minimum absolute atomic E-state index is 0.195. The van der Waals surface area contributed by atoms with Crippen molar-refractivity contribution in [2.75, 3.05) is 6.73 Å². The molecule has 6 heteroatoms. The average molecular weight is 383 g/mol. The third kappa shape index (κ3) is 8.00. The summed E-state index contributed by atoms with van der Waals surface area (Å²) >= 11 is 0. The van der Waals surface area contributed by atoms with Crippen molar-refractivity contribution in [3.63, 3.8) is 0 Å². The van der Waals surface area contributed by atoms with E-state index in [0.29, 0.717) is 13.0 Å². The first-order valence-electron chi connectivity index (χ1n) is 9.31. The number of carbonyl (C=O) groups is 1. The Kier molecular flexibility index (Phi) is 9.34. The summed E-state index contributed by atoms with van der Waals surface area (Å²) in [6, 6.07) is 18.9. The van der Waals surface area contributed by atoms with E-state index < -0.39 is 12.3 Å². The summed E-state index contributed by atoms with van der Waals surface area (Å²) in [5.41, 5.74) is 2.05. The predicted molar refractivity (Wildman–Crippen MR) is 107 cm³/mol. The van der Waals surface area contributed by atoms with Gasteiger partial charge in [-0.15, -0.1) is 0 Å². The van der Waals surface area contributed by atoms with Crippen LogP contribution in [0, 0.1) is 0 Å². The molecule has 0 bridgehead atoms. The molecule has 1 unspecified atom stereocenters. The van der Waals surface area contributed by atoms with E-state index in [1.807, 2.05) is 60.7 Å². The largest absolute Gasteiger partial charge is 0.362 e. The van der Waals surface area contributed by atoms with E-state index in [9.17, 15) is 9.59 Å². The summed E-state index contributed by atoms with van der Waals surface area (Å²) in [5, 5.41) is 5.68. The van der Waals surface area contributed by atoms with Crippen molar-refractivity contribution in [3.05, 3.63) is 71.8 Å². The zero-order valence-corrected chi connectivity index (χ0v) is 16.3. The lowest BCUT2D eigenvalue weighted by atomic mass is 10.1. The Bertz CT molecular complexity index is 707. The Morgan fingerprint density at radius 2 is 1.61 bits per heavy atom. The second-order valence-corrected chi connectivity index (χ2v) is 6.62. The highest BCUT2D eigenvalue weighted by Crippen LogP contribution is 2.05. The first-order valence-corrected chi connectivity index (χ1v) is 9.31. The van der Waals surface area contributed by atoms with Gasteiger partial charge in [0.15, 0.2) is 6.23 Å². The molecule has 2 atom stereocenters. The SMILES string of the molecule is CC(C)OC([C]=O)NC(=O)[C@H](Cc1ccccc1)NCOCc1ccccc1. The lowest BCUT2D eigenvalue weighted by Crippen LogP contribution is -2.51. The quantitative estimate of drug-likeness (QED) is 0.435. The first kappa shape index (κ1) is 21.8. The van der Waals surface area contributed by atoms with Gasteiger partial charge < -0.3 is 14.8 Å². The Morgan fingerprint density at radius 3 is 2.18 bits per heavy atom. The fourth-order valence-corrected chi connectivity index (χ4v) is 2.60. The maximum atomic E-state index is 12.7. The van der Waals surface area contributed by atoms with Crippen LogP contribution < -0.4 is 10.6 Å². The number of carbonyl (C=O) groups excluding carboxylic acids is 2. The summed E-state index contributed by atoms with van der Waals surface area (Å²) in [4.78, 5) is 23.7. The van der Waals surface area contributed by atoms with Gasteiger partial charge in [-0.2, -0.15) is 0 Å². The molecule has 1 amide bonds. The Hall–Kier alpha value is -2.54. The van der Waals surface area contributed by atoms with Gasteiger partial charge in [0.1, 0.15) is 0 Å². The summed E-state index contributed by atoms with van der Waals surface area (Å²) < 4.78 is 11.0. The van der Waals surface area contributed by atoms with Crippen LogP contribution in [0.15, 0.2) is 60.7 Å². The number of nitrogens with one attached hydrogen (secondary N) is 2. The normalized spacial score (nSPS) is 13.1. The second-order valence-electron chi connectivity index (χ2n) is 6.62. The molecule has 0 fully saturated rings. The topological polar surface area (TPSA) is 76.7 Å². The molecule has 0 saturated heterocycles. The second kappa shape index (κ2) is 12.0. The molecule has 2 rings (SSSR count). The van der Waals surface area contributed by atoms with Crippen LogP contribution in [0.25, 0.3) is 0 Å². The Balaban J connectivity index is 1.93. The molecule has 2 aromatic carbocycles. The van der Waals surface area contributed by atoms with Gasteiger partial charge >= 0.3 is 0 Å². The summed E-state index contributed by atoms with van der Waals surface area (Å²) in [5.74, 6) is -0.346. The lowest BCUT2D eigenvalue weighted by molar-refractivity contribution is -0.127. The molecule has 0 heterocycles. The summed E-state index contributed by atoms with van der Waals surface area (Å²) in [6.07, 6.45) is 0.855. The smallest absolute Gasteiger partial charge is 0.252 e. The van der Waals surface area contributed by atoms with Crippen LogP contribution in [0.5, 0.6) is 0 Å². The van der Waals surface area contributed by atoms with Crippen molar-refractivity contribution in [2.24, 2.45) is 0 Å². The Labute approximate surface area is 166 Å². The fourth-order valence-electron chi connectivity index (χ4n) is 2.60. The average Bonchev–Trinajstić information content (AvgIpc) is 2.70.